The number of allylic oxidation sites excluding steroid dienone is 1. The van der Waals surface area contributed by atoms with Crippen LogP contribution in [0.5, 0.6) is 11.5 Å². The first-order chi connectivity index (χ1) is 16.9. The lowest BCUT2D eigenvalue weighted by molar-refractivity contribution is -0.384. The molecule has 0 N–H and O–H groups in total. The quantitative estimate of drug-likeness (QED) is 0.166. The standard InChI is InChI=1S/C27H30N4O4/c1-5-7-21-19-26(34-4)20(3)18-27(21)35-17-16-30(6-2)24-12-8-22(9-13-24)28-29-23-10-14-25(15-11-23)31(32)33/h5,7-15,18-19H,6,16-17H2,1-4H3/b7-5+,29-28?. The molecule has 3 rings (SSSR count). The number of likely N-dealkylation sites (N-methyl/N-ethyl adjacent to an activating group) is 1. The minimum atomic E-state index is -0.441. The smallest absolute Gasteiger partial charge is 0.269 e. The van der Waals surface area contributed by atoms with Gasteiger partial charge in [0.05, 0.1) is 30.0 Å². The lowest BCUT2D eigenvalue weighted by atomic mass is 10.1. The van der Waals surface area contributed by atoms with Crippen molar-refractivity contribution >= 4 is 28.8 Å². The molecule has 3 aromatic rings. The summed E-state index contributed by atoms with van der Waals surface area (Å²) in [5, 5.41) is 19.1. The highest BCUT2D eigenvalue weighted by Crippen LogP contribution is 2.30. The van der Waals surface area contributed by atoms with Gasteiger partial charge in [0, 0.05) is 29.9 Å². The summed E-state index contributed by atoms with van der Waals surface area (Å²) >= 11 is 0. The predicted molar refractivity (Wildman–Crippen MR) is 140 cm³/mol. The van der Waals surface area contributed by atoms with Gasteiger partial charge in [-0.15, -0.1) is 0 Å². The first-order valence-electron chi connectivity index (χ1n) is 11.4. The zero-order chi connectivity index (χ0) is 25.2. The lowest BCUT2D eigenvalue weighted by Crippen LogP contribution is -2.28. The Hall–Kier alpha value is -4.20. The lowest BCUT2D eigenvalue weighted by Gasteiger charge is -2.23. The molecule has 0 radical (unpaired) electrons. The molecule has 8 heteroatoms. The van der Waals surface area contributed by atoms with E-state index in [1.807, 2.05) is 62.4 Å². The van der Waals surface area contributed by atoms with Crippen LogP contribution in [0.25, 0.3) is 6.08 Å². The Morgan fingerprint density at radius 1 is 1.00 bits per heavy atom. The molecule has 35 heavy (non-hydrogen) atoms. The number of anilines is 1. The molecule has 0 amide bonds. The van der Waals surface area contributed by atoms with Gasteiger partial charge in [0.15, 0.2) is 0 Å². The van der Waals surface area contributed by atoms with Gasteiger partial charge in [0.2, 0.25) is 0 Å². The number of methoxy groups -OCH3 is 1. The summed E-state index contributed by atoms with van der Waals surface area (Å²) in [6, 6.07) is 17.7. The van der Waals surface area contributed by atoms with Crippen molar-refractivity contribution in [2.45, 2.75) is 20.8 Å². The van der Waals surface area contributed by atoms with Crippen molar-refractivity contribution in [2.24, 2.45) is 10.2 Å². The Kier molecular flexibility index (Phi) is 8.95. The molecule has 0 saturated carbocycles. The van der Waals surface area contributed by atoms with Gasteiger partial charge < -0.3 is 14.4 Å². The van der Waals surface area contributed by atoms with Gasteiger partial charge in [-0.25, -0.2) is 0 Å². The minimum absolute atomic E-state index is 0.0251. The van der Waals surface area contributed by atoms with E-state index in [0.717, 1.165) is 41.4 Å². The number of azo groups is 1. The molecule has 0 aliphatic carbocycles. The maximum Gasteiger partial charge on any atom is 0.269 e. The van der Waals surface area contributed by atoms with Crippen LogP contribution in [-0.4, -0.2) is 31.7 Å². The fourth-order valence-electron chi connectivity index (χ4n) is 3.55. The molecule has 8 nitrogen and oxygen atoms in total. The van der Waals surface area contributed by atoms with Crippen molar-refractivity contribution in [1.82, 2.24) is 0 Å². The van der Waals surface area contributed by atoms with E-state index >= 15 is 0 Å². The molecule has 0 unspecified atom stereocenters. The number of nitro groups is 1. The highest BCUT2D eigenvalue weighted by Gasteiger charge is 2.10. The second-order valence-corrected chi connectivity index (χ2v) is 7.78. The number of ether oxygens (including phenoxy) is 2. The fraction of sp³-hybridized carbons (Fsp3) is 0.259. The predicted octanol–water partition coefficient (Wildman–Crippen LogP) is 7.27. The molecular weight excluding hydrogens is 444 g/mol. The zero-order valence-corrected chi connectivity index (χ0v) is 20.5. The van der Waals surface area contributed by atoms with E-state index < -0.39 is 4.92 Å². The van der Waals surface area contributed by atoms with Crippen LogP contribution in [-0.2, 0) is 0 Å². The Morgan fingerprint density at radius 2 is 1.63 bits per heavy atom. The molecule has 3 aromatic carbocycles. The van der Waals surface area contributed by atoms with Gasteiger partial charge >= 0.3 is 0 Å². The second-order valence-electron chi connectivity index (χ2n) is 7.78. The van der Waals surface area contributed by atoms with Crippen LogP contribution in [0.15, 0.2) is 77.0 Å². The SMILES string of the molecule is C/C=C/c1cc(OC)c(C)cc1OCCN(CC)c1ccc(N=Nc2ccc([N+](=O)[O-])cc2)cc1. The zero-order valence-electron chi connectivity index (χ0n) is 20.5. The average Bonchev–Trinajstić information content (AvgIpc) is 2.87. The molecular formula is C27H30N4O4. The van der Waals surface area contributed by atoms with Crippen LogP contribution in [0, 0.1) is 17.0 Å². The van der Waals surface area contributed by atoms with E-state index in [1.54, 1.807) is 19.2 Å². The Balaban J connectivity index is 1.61. The van der Waals surface area contributed by atoms with E-state index in [0.29, 0.717) is 18.0 Å². The molecule has 0 saturated heterocycles. The van der Waals surface area contributed by atoms with Crippen molar-refractivity contribution in [3.8, 4) is 11.5 Å². The van der Waals surface area contributed by atoms with Crippen LogP contribution < -0.4 is 14.4 Å². The van der Waals surface area contributed by atoms with Crippen molar-refractivity contribution in [3.63, 3.8) is 0 Å². The summed E-state index contributed by atoms with van der Waals surface area (Å²) in [4.78, 5) is 12.5. The summed E-state index contributed by atoms with van der Waals surface area (Å²) in [7, 11) is 1.67. The summed E-state index contributed by atoms with van der Waals surface area (Å²) in [6.07, 6.45) is 3.99. The summed E-state index contributed by atoms with van der Waals surface area (Å²) < 4.78 is 11.6. The molecule has 182 valence electrons. The van der Waals surface area contributed by atoms with Crippen molar-refractivity contribution in [3.05, 3.63) is 88.0 Å². The summed E-state index contributed by atoms with van der Waals surface area (Å²) in [5.41, 5.74) is 4.35. The number of benzene rings is 3. The molecule has 0 fully saturated rings. The van der Waals surface area contributed by atoms with Crippen molar-refractivity contribution in [2.75, 3.05) is 31.7 Å². The molecule has 0 aliphatic rings. The topological polar surface area (TPSA) is 89.6 Å². The van der Waals surface area contributed by atoms with Crippen LogP contribution in [0.3, 0.4) is 0 Å². The number of non-ortho nitro benzene ring substituents is 1. The first-order valence-corrected chi connectivity index (χ1v) is 11.4. The number of hydrogen-bond acceptors (Lipinski definition) is 7. The normalized spacial score (nSPS) is 11.2. The third-order valence-electron chi connectivity index (χ3n) is 5.43. The fourth-order valence-corrected chi connectivity index (χ4v) is 3.55. The van der Waals surface area contributed by atoms with Gasteiger partial charge in [-0.05, 0) is 74.9 Å². The van der Waals surface area contributed by atoms with Crippen LogP contribution in [0.4, 0.5) is 22.7 Å². The molecule has 0 heterocycles. The molecule has 0 bridgehead atoms. The maximum absolute atomic E-state index is 10.8. The second kappa shape index (κ2) is 12.3. The molecule has 0 spiro atoms. The highest BCUT2D eigenvalue weighted by atomic mass is 16.6. The average molecular weight is 475 g/mol. The minimum Gasteiger partial charge on any atom is -0.496 e. The maximum atomic E-state index is 10.8. The Bertz CT molecular complexity index is 1190. The number of aryl methyl sites for hydroxylation is 1. The first kappa shape index (κ1) is 25.4. The van der Waals surface area contributed by atoms with Crippen LogP contribution >= 0.6 is 0 Å². The monoisotopic (exact) mass is 474 g/mol. The van der Waals surface area contributed by atoms with Gasteiger partial charge in [-0.3, -0.25) is 10.1 Å². The largest absolute Gasteiger partial charge is 0.496 e. The number of rotatable bonds is 11. The van der Waals surface area contributed by atoms with Gasteiger partial charge in [-0.1, -0.05) is 12.2 Å². The number of hydrogen-bond donors (Lipinski definition) is 0. The van der Waals surface area contributed by atoms with Crippen LogP contribution in [0.2, 0.25) is 0 Å². The van der Waals surface area contributed by atoms with Gasteiger partial charge in [0.25, 0.3) is 5.69 Å². The van der Waals surface area contributed by atoms with E-state index in [4.69, 9.17) is 9.47 Å². The van der Waals surface area contributed by atoms with Crippen molar-refractivity contribution in [1.29, 1.82) is 0 Å². The van der Waals surface area contributed by atoms with Gasteiger partial charge in [0.1, 0.15) is 18.1 Å². The van der Waals surface area contributed by atoms with Crippen molar-refractivity contribution < 1.29 is 14.4 Å². The number of nitrogens with zero attached hydrogens (tertiary/aromatic N) is 4. The number of nitro benzene ring substituents is 1. The molecule has 0 atom stereocenters. The molecule has 0 aromatic heterocycles. The summed E-state index contributed by atoms with van der Waals surface area (Å²) in [6.45, 7) is 8.17. The summed E-state index contributed by atoms with van der Waals surface area (Å²) in [5.74, 6) is 1.67. The third-order valence-corrected chi connectivity index (χ3v) is 5.43. The Morgan fingerprint density at radius 3 is 2.17 bits per heavy atom. The van der Waals surface area contributed by atoms with E-state index in [1.165, 1.54) is 12.1 Å². The van der Waals surface area contributed by atoms with Gasteiger partial charge in [-0.2, -0.15) is 10.2 Å². The van der Waals surface area contributed by atoms with E-state index in [-0.39, 0.29) is 5.69 Å². The van der Waals surface area contributed by atoms with E-state index in [9.17, 15) is 10.1 Å². The molecule has 0 aliphatic heterocycles. The van der Waals surface area contributed by atoms with Crippen LogP contribution in [0.1, 0.15) is 25.0 Å². The Labute approximate surface area is 205 Å². The third kappa shape index (κ3) is 6.89. The highest BCUT2D eigenvalue weighted by molar-refractivity contribution is 5.61. The van der Waals surface area contributed by atoms with E-state index in [2.05, 4.69) is 22.1 Å².